The van der Waals surface area contributed by atoms with Crippen LogP contribution >= 0.6 is 0 Å². The predicted molar refractivity (Wildman–Crippen MR) is 98.1 cm³/mol. The van der Waals surface area contributed by atoms with Gasteiger partial charge in [-0.1, -0.05) is 6.07 Å². The average Bonchev–Trinajstić information content (AvgIpc) is 3.07. The summed E-state index contributed by atoms with van der Waals surface area (Å²) in [6.45, 7) is 3.33. The topological polar surface area (TPSA) is 80.5 Å². The maximum absolute atomic E-state index is 12.6. The van der Waals surface area contributed by atoms with E-state index in [9.17, 15) is 13.2 Å². The monoisotopic (exact) mass is 364 g/mol. The van der Waals surface area contributed by atoms with Gasteiger partial charge in [0, 0.05) is 25.6 Å². The molecule has 0 bridgehead atoms. The summed E-state index contributed by atoms with van der Waals surface area (Å²) in [6, 6.07) is 5.48. The van der Waals surface area contributed by atoms with Crippen LogP contribution in [0.2, 0.25) is 0 Å². The Hall–Kier alpha value is -1.40. The van der Waals surface area contributed by atoms with Crippen molar-refractivity contribution in [3.05, 3.63) is 29.3 Å². The molecule has 0 spiro atoms. The van der Waals surface area contributed by atoms with E-state index in [1.165, 1.54) is 5.56 Å². The van der Waals surface area contributed by atoms with Crippen LogP contribution in [-0.2, 0) is 27.5 Å². The quantitative estimate of drug-likeness (QED) is 0.866. The fourth-order valence-corrected chi connectivity index (χ4v) is 5.18. The molecule has 3 rings (SSSR count). The van der Waals surface area contributed by atoms with Crippen LogP contribution in [0.25, 0.3) is 0 Å². The number of hydrogen-bond acceptors (Lipinski definition) is 4. The predicted octanol–water partition coefficient (Wildman–Crippen LogP) is 1.92. The summed E-state index contributed by atoms with van der Waals surface area (Å²) in [5, 5.41) is 0. The number of sulfone groups is 1. The number of fused-ring (bicyclic) bond motifs is 1. The second kappa shape index (κ2) is 7.46. The summed E-state index contributed by atoms with van der Waals surface area (Å²) in [7, 11) is -3.42. The number of hydrogen-bond donors (Lipinski definition) is 1. The van der Waals surface area contributed by atoms with E-state index in [2.05, 4.69) is 0 Å². The van der Waals surface area contributed by atoms with E-state index in [1.807, 2.05) is 13.0 Å². The lowest BCUT2D eigenvalue weighted by molar-refractivity contribution is -0.132. The van der Waals surface area contributed by atoms with E-state index < -0.39 is 9.84 Å². The molecule has 2 aliphatic rings. The summed E-state index contributed by atoms with van der Waals surface area (Å²) in [5.41, 5.74) is 8.36. The van der Waals surface area contributed by atoms with Gasteiger partial charge >= 0.3 is 0 Å². The first-order valence-electron chi connectivity index (χ1n) is 9.25. The van der Waals surface area contributed by atoms with Crippen LogP contribution in [0.5, 0.6) is 0 Å². The van der Waals surface area contributed by atoms with E-state index in [1.54, 1.807) is 17.0 Å². The highest BCUT2D eigenvalue weighted by Gasteiger charge is 2.27. The molecule has 1 aliphatic heterocycles. The minimum absolute atomic E-state index is 0.0467. The Morgan fingerprint density at radius 3 is 2.80 bits per heavy atom. The third-order valence-corrected chi connectivity index (χ3v) is 7.28. The Bertz CT molecular complexity index is 743. The lowest BCUT2D eigenvalue weighted by Crippen LogP contribution is -2.45. The lowest BCUT2D eigenvalue weighted by atomic mass is 9.92. The molecule has 2 N–H and O–H groups in total. The minimum atomic E-state index is -3.42. The number of carbonyl (C=O) groups excluding carboxylic acids is 1. The molecule has 1 saturated heterocycles. The number of amides is 1. The van der Waals surface area contributed by atoms with Crippen LogP contribution in [0.4, 0.5) is 0 Å². The lowest BCUT2D eigenvalue weighted by Gasteiger charge is -2.34. The summed E-state index contributed by atoms with van der Waals surface area (Å²) < 4.78 is 25.2. The smallest absolute Gasteiger partial charge is 0.223 e. The molecule has 1 heterocycles. The highest BCUT2D eigenvalue weighted by atomic mass is 32.2. The first-order chi connectivity index (χ1) is 11.9. The van der Waals surface area contributed by atoms with E-state index in [-0.39, 0.29) is 24.1 Å². The maximum Gasteiger partial charge on any atom is 0.223 e. The standard InChI is InChI=1S/C19H28N2O3S/c1-14(20)17-6-3-10-21(13-17)19(22)9-11-25(23,24)18-8-7-15-4-2-5-16(15)12-18/h7-8,12,14,17H,2-6,9-11,13,20H2,1H3. The highest BCUT2D eigenvalue weighted by Crippen LogP contribution is 2.26. The Morgan fingerprint density at radius 1 is 1.28 bits per heavy atom. The van der Waals surface area contributed by atoms with Crippen molar-refractivity contribution in [3.63, 3.8) is 0 Å². The number of benzene rings is 1. The van der Waals surface area contributed by atoms with Gasteiger partial charge in [-0.2, -0.15) is 0 Å². The van der Waals surface area contributed by atoms with Crippen molar-refractivity contribution in [2.24, 2.45) is 11.7 Å². The van der Waals surface area contributed by atoms with Crippen molar-refractivity contribution in [2.45, 2.75) is 56.4 Å². The van der Waals surface area contributed by atoms with Gasteiger partial charge in [-0.3, -0.25) is 4.79 Å². The van der Waals surface area contributed by atoms with Gasteiger partial charge in [-0.25, -0.2) is 8.42 Å². The zero-order chi connectivity index (χ0) is 18.0. The van der Waals surface area contributed by atoms with Gasteiger partial charge in [-0.15, -0.1) is 0 Å². The van der Waals surface area contributed by atoms with Gasteiger partial charge < -0.3 is 10.6 Å². The van der Waals surface area contributed by atoms with Crippen LogP contribution < -0.4 is 5.73 Å². The summed E-state index contributed by atoms with van der Waals surface area (Å²) in [4.78, 5) is 14.6. The third kappa shape index (κ3) is 4.23. The second-order valence-electron chi connectivity index (χ2n) is 7.45. The minimum Gasteiger partial charge on any atom is -0.342 e. The molecule has 138 valence electrons. The van der Waals surface area contributed by atoms with Gasteiger partial charge in [0.2, 0.25) is 5.91 Å². The first-order valence-corrected chi connectivity index (χ1v) is 10.9. The number of nitrogens with two attached hydrogens (primary N) is 1. The molecular formula is C19H28N2O3S. The van der Waals surface area contributed by atoms with Crippen LogP contribution in [0.3, 0.4) is 0 Å². The third-order valence-electron chi connectivity index (χ3n) is 5.57. The largest absolute Gasteiger partial charge is 0.342 e. The second-order valence-corrected chi connectivity index (χ2v) is 9.56. The molecule has 1 aromatic rings. The Morgan fingerprint density at radius 2 is 2.04 bits per heavy atom. The number of likely N-dealkylation sites (tertiary alicyclic amines) is 1. The van der Waals surface area contributed by atoms with Crippen molar-refractivity contribution >= 4 is 15.7 Å². The van der Waals surface area contributed by atoms with Gasteiger partial charge in [0.1, 0.15) is 0 Å². The number of rotatable bonds is 5. The van der Waals surface area contributed by atoms with Gasteiger partial charge in [0.15, 0.2) is 9.84 Å². The molecule has 0 aromatic heterocycles. The molecule has 1 aromatic carbocycles. The maximum atomic E-state index is 12.6. The number of carbonyl (C=O) groups is 1. The summed E-state index contributed by atoms with van der Waals surface area (Å²) in [6.07, 6.45) is 5.09. The number of nitrogens with zero attached hydrogens (tertiary/aromatic N) is 1. The van der Waals surface area contributed by atoms with Crippen LogP contribution in [0.15, 0.2) is 23.1 Å². The van der Waals surface area contributed by atoms with Crippen LogP contribution in [0, 0.1) is 5.92 Å². The summed E-state index contributed by atoms with van der Waals surface area (Å²) >= 11 is 0. The molecule has 1 fully saturated rings. The van der Waals surface area contributed by atoms with Crippen LogP contribution in [0.1, 0.15) is 43.7 Å². The molecule has 2 unspecified atom stereocenters. The molecule has 2 atom stereocenters. The molecule has 25 heavy (non-hydrogen) atoms. The zero-order valence-electron chi connectivity index (χ0n) is 14.9. The Kier molecular flexibility index (Phi) is 5.49. The molecule has 1 aliphatic carbocycles. The van der Waals surface area contributed by atoms with Crippen molar-refractivity contribution in [1.82, 2.24) is 4.90 Å². The van der Waals surface area contributed by atoms with Gasteiger partial charge in [-0.05, 0) is 68.2 Å². The van der Waals surface area contributed by atoms with E-state index in [4.69, 9.17) is 5.73 Å². The van der Waals surface area contributed by atoms with Crippen molar-refractivity contribution in [1.29, 1.82) is 0 Å². The molecular weight excluding hydrogens is 336 g/mol. The van der Waals surface area contributed by atoms with Gasteiger partial charge in [0.25, 0.3) is 0 Å². The first kappa shape index (κ1) is 18.4. The summed E-state index contributed by atoms with van der Waals surface area (Å²) in [5.74, 6) is 0.116. The van der Waals surface area contributed by atoms with Gasteiger partial charge in [0.05, 0.1) is 10.6 Å². The Balaban J connectivity index is 1.61. The molecule has 6 heteroatoms. The highest BCUT2D eigenvalue weighted by molar-refractivity contribution is 7.91. The normalized spacial score (nSPS) is 21.8. The van der Waals surface area contributed by atoms with Crippen LogP contribution in [-0.4, -0.2) is 44.1 Å². The fourth-order valence-electron chi connectivity index (χ4n) is 3.90. The molecule has 1 amide bonds. The van der Waals surface area contributed by atoms with E-state index in [0.717, 1.165) is 37.7 Å². The average molecular weight is 365 g/mol. The fraction of sp³-hybridized carbons (Fsp3) is 0.632. The van der Waals surface area contributed by atoms with E-state index in [0.29, 0.717) is 23.9 Å². The SMILES string of the molecule is CC(N)C1CCCN(C(=O)CCS(=O)(=O)c2ccc3c(c2)CCC3)C1. The Labute approximate surface area is 150 Å². The molecule has 0 radical (unpaired) electrons. The molecule has 5 nitrogen and oxygen atoms in total. The number of aryl methyl sites for hydroxylation is 2. The zero-order valence-corrected chi connectivity index (χ0v) is 15.7. The van der Waals surface area contributed by atoms with E-state index >= 15 is 0 Å². The molecule has 0 saturated carbocycles. The van der Waals surface area contributed by atoms with Crippen molar-refractivity contribution < 1.29 is 13.2 Å². The van der Waals surface area contributed by atoms with Crippen molar-refractivity contribution in [2.75, 3.05) is 18.8 Å². The van der Waals surface area contributed by atoms with Crippen molar-refractivity contribution in [3.8, 4) is 0 Å². The number of piperidine rings is 1.